The molecular formula is C24H29F6N3O2. The molecule has 1 aromatic rings. The van der Waals surface area contributed by atoms with Crippen molar-refractivity contribution in [2.75, 3.05) is 13.7 Å². The standard InChI is InChI=1S/C24H29F6N3O2/c1-8-9-31-20(14(2)21(34)33-22(5,6)13-35-7)16(4)32-15(3)17-10-18(23(25,26)27)12-19(11-17)24(28,29)30/h8-12,16,32H,1,3,13H2,2,4-7H3,(H,33,34)/b20-14+,31-9?. The number of nitrogens with one attached hydrogen (secondary N) is 2. The molecule has 0 aliphatic rings. The fourth-order valence-electron chi connectivity index (χ4n) is 3.12. The van der Waals surface area contributed by atoms with E-state index in [-0.39, 0.29) is 29.6 Å². The van der Waals surface area contributed by atoms with Gasteiger partial charge in [0.05, 0.1) is 35.0 Å². The summed E-state index contributed by atoms with van der Waals surface area (Å²) in [7, 11) is 1.48. The molecule has 1 unspecified atom stereocenters. The number of halogens is 6. The van der Waals surface area contributed by atoms with Gasteiger partial charge >= 0.3 is 12.4 Å². The first kappa shape index (κ1) is 30.0. The number of carbonyl (C=O) groups is 1. The molecule has 0 aromatic heterocycles. The highest BCUT2D eigenvalue weighted by Crippen LogP contribution is 2.37. The molecule has 2 N–H and O–H groups in total. The molecule has 0 radical (unpaired) electrons. The maximum atomic E-state index is 13.2. The number of allylic oxidation sites excluding steroid dienone is 1. The van der Waals surface area contributed by atoms with Crippen LogP contribution in [0.2, 0.25) is 0 Å². The predicted octanol–water partition coefficient (Wildman–Crippen LogP) is 5.75. The summed E-state index contributed by atoms with van der Waals surface area (Å²) in [5.74, 6) is -0.485. The highest BCUT2D eigenvalue weighted by atomic mass is 19.4. The van der Waals surface area contributed by atoms with Crippen molar-refractivity contribution in [2.45, 2.75) is 51.6 Å². The zero-order valence-electron chi connectivity index (χ0n) is 20.1. The third-order valence-electron chi connectivity index (χ3n) is 4.74. The minimum atomic E-state index is -5.00. The Hall–Kier alpha value is -3.08. The predicted molar refractivity (Wildman–Crippen MR) is 124 cm³/mol. The van der Waals surface area contributed by atoms with Crippen molar-refractivity contribution in [3.63, 3.8) is 0 Å². The maximum absolute atomic E-state index is 13.2. The quantitative estimate of drug-likeness (QED) is 0.242. The first-order chi connectivity index (χ1) is 15.9. The summed E-state index contributed by atoms with van der Waals surface area (Å²) in [6, 6.07) is 0.357. The van der Waals surface area contributed by atoms with Gasteiger partial charge in [0, 0.05) is 24.6 Å². The van der Waals surface area contributed by atoms with Crippen LogP contribution in [-0.4, -0.2) is 37.4 Å². The van der Waals surface area contributed by atoms with E-state index in [2.05, 4.69) is 28.8 Å². The number of hydrogen-bond acceptors (Lipinski definition) is 4. The third kappa shape index (κ3) is 8.89. The Morgan fingerprint density at radius 2 is 1.63 bits per heavy atom. The minimum absolute atomic E-state index is 0.0379. The smallest absolute Gasteiger partial charge is 0.382 e. The number of methoxy groups -OCH3 is 1. The highest BCUT2D eigenvalue weighted by Gasteiger charge is 2.37. The Kier molecular flexibility index (Phi) is 9.90. The van der Waals surface area contributed by atoms with E-state index < -0.39 is 46.5 Å². The molecule has 1 rings (SSSR count). The average molecular weight is 506 g/mol. The summed E-state index contributed by atoms with van der Waals surface area (Å²) < 4.78 is 84.3. The summed E-state index contributed by atoms with van der Waals surface area (Å²) in [4.78, 5) is 17.0. The SMILES string of the molecule is C=CC=N/C(=C(\C)C(=O)NC(C)(C)COC)C(C)NC(=C)c1cc(C(F)(F)F)cc(C(F)(F)F)c1. The monoisotopic (exact) mass is 505 g/mol. The lowest BCUT2D eigenvalue weighted by Crippen LogP contribution is -2.47. The molecule has 0 fully saturated rings. The van der Waals surface area contributed by atoms with Gasteiger partial charge in [0.25, 0.3) is 0 Å². The number of hydrogen-bond donors (Lipinski definition) is 2. The molecular weight excluding hydrogens is 476 g/mol. The van der Waals surface area contributed by atoms with Crippen LogP contribution in [-0.2, 0) is 21.9 Å². The van der Waals surface area contributed by atoms with Gasteiger partial charge < -0.3 is 15.4 Å². The van der Waals surface area contributed by atoms with Gasteiger partial charge in [0.15, 0.2) is 0 Å². The molecule has 0 saturated heterocycles. The zero-order valence-corrected chi connectivity index (χ0v) is 20.1. The molecule has 0 saturated carbocycles. The lowest BCUT2D eigenvalue weighted by atomic mass is 10.0. The van der Waals surface area contributed by atoms with E-state index in [4.69, 9.17) is 4.74 Å². The largest absolute Gasteiger partial charge is 0.416 e. The van der Waals surface area contributed by atoms with Crippen LogP contribution in [0, 0.1) is 0 Å². The number of rotatable bonds is 10. The molecule has 35 heavy (non-hydrogen) atoms. The van der Waals surface area contributed by atoms with E-state index in [0.717, 1.165) is 0 Å². The van der Waals surface area contributed by atoms with Gasteiger partial charge in [0.2, 0.25) is 5.91 Å². The fourth-order valence-corrected chi connectivity index (χ4v) is 3.12. The first-order valence-electron chi connectivity index (χ1n) is 10.4. The molecule has 0 aliphatic heterocycles. The Labute approximate surface area is 200 Å². The second kappa shape index (κ2) is 11.6. The number of amides is 1. The van der Waals surface area contributed by atoms with Crippen molar-refractivity contribution in [1.82, 2.24) is 10.6 Å². The van der Waals surface area contributed by atoms with Crippen molar-refractivity contribution in [3.05, 3.63) is 65.4 Å². The van der Waals surface area contributed by atoms with Crippen LogP contribution in [0.1, 0.15) is 44.4 Å². The minimum Gasteiger partial charge on any atom is -0.382 e. The average Bonchev–Trinajstić information content (AvgIpc) is 2.71. The van der Waals surface area contributed by atoms with Gasteiger partial charge in [-0.15, -0.1) is 0 Å². The van der Waals surface area contributed by atoms with E-state index >= 15 is 0 Å². The molecule has 0 aliphatic carbocycles. The number of ether oxygens (including phenoxy) is 1. The number of alkyl halides is 6. The second-order valence-electron chi connectivity index (χ2n) is 8.43. The van der Waals surface area contributed by atoms with Crippen LogP contribution < -0.4 is 10.6 Å². The lowest BCUT2D eigenvalue weighted by molar-refractivity contribution is -0.143. The third-order valence-corrected chi connectivity index (χ3v) is 4.74. The van der Waals surface area contributed by atoms with E-state index in [1.165, 1.54) is 33.2 Å². The molecule has 194 valence electrons. The van der Waals surface area contributed by atoms with Crippen molar-refractivity contribution >= 4 is 17.8 Å². The van der Waals surface area contributed by atoms with Gasteiger partial charge in [-0.3, -0.25) is 9.79 Å². The molecule has 0 spiro atoms. The molecule has 1 atom stereocenters. The van der Waals surface area contributed by atoms with E-state index in [1.807, 2.05) is 0 Å². The summed E-state index contributed by atoms with van der Waals surface area (Å²) >= 11 is 0. The van der Waals surface area contributed by atoms with Crippen molar-refractivity contribution in [3.8, 4) is 0 Å². The molecule has 11 heteroatoms. The van der Waals surface area contributed by atoms with E-state index in [0.29, 0.717) is 12.1 Å². The second-order valence-corrected chi connectivity index (χ2v) is 8.43. The topological polar surface area (TPSA) is 62.7 Å². The number of aliphatic imine (C=N–C) groups is 1. The summed E-state index contributed by atoms with van der Waals surface area (Å²) in [6.07, 6.45) is -7.33. The van der Waals surface area contributed by atoms with Gasteiger partial charge in [-0.25, -0.2) is 0 Å². The van der Waals surface area contributed by atoms with Crippen molar-refractivity contribution < 1.29 is 35.9 Å². The fraction of sp³-hybridized carbons (Fsp3) is 0.417. The van der Waals surface area contributed by atoms with Gasteiger partial charge in [-0.1, -0.05) is 19.2 Å². The van der Waals surface area contributed by atoms with Gasteiger partial charge in [-0.05, 0) is 51.5 Å². The summed E-state index contributed by atoms with van der Waals surface area (Å²) in [5, 5.41) is 5.53. The number of carbonyl (C=O) groups excluding carboxylic acids is 1. The molecule has 0 heterocycles. The first-order valence-corrected chi connectivity index (χ1v) is 10.4. The van der Waals surface area contributed by atoms with E-state index in [9.17, 15) is 31.1 Å². The Bertz CT molecular complexity index is 975. The molecule has 5 nitrogen and oxygen atoms in total. The molecule has 1 aromatic carbocycles. The van der Waals surface area contributed by atoms with Gasteiger partial charge in [-0.2, -0.15) is 26.3 Å². The molecule has 1 amide bonds. The van der Waals surface area contributed by atoms with Crippen LogP contribution in [0.5, 0.6) is 0 Å². The molecule has 0 bridgehead atoms. The van der Waals surface area contributed by atoms with Crippen molar-refractivity contribution in [2.24, 2.45) is 4.99 Å². The van der Waals surface area contributed by atoms with Crippen molar-refractivity contribution in [1.29, 1.82) is 0 Å². The Morgan fingerprint density at radius 3 is 2.06 bits per heavy atom. The highest BCUT2D eigenvalue weighted by molar-refractivity contribution is 5.94. The van der Waals surface area contributed by atoms with Crippen LogP contribution in [0.3, 0.4) is 0 Å². The Balaban J connectivity index is 3.37. The maximum Gasteiger partial charge on any atom is 0.416 e. The van der Waals surface area contributed by atoms with Crippen LogP contribution in [0.25, 0.3) is 5.70 Å². The van der Waals surface area contributed by atoms with Crippen LogP contribution in [0.15, 0.2) is 53.7 Å². The van der Waals surface area contributed by atoms with Crippen LogP contribution >= 0.6 is 0 Å². The number of benzene rings is 1. The zero-order chi connectivity index (χ0) is 27.2. The van der Waals surface area contributed by atoms with Gasteiger partial charge in [0.1, 0.15) is 0 Å². The normalized spacial score (nSPS) is 14.4. The van der Waals surface area contributed by atoms with Crippen LogP contribution in [0.4, 0.5) is 26.3 Å². The number of nitrogens with zero attached hydrogens (tertiary/aromatic N) is 1. The Morgan fingerprint density at radius 1 is 1.11 bits per heavy atom. The lowest BCUT2D eigenvalue weighted by Gasteiger charge is -2.26. The summed E-state index contributed by atoms with van der Waals surface area (Å²) in [5.41, 5.74) is -3.92. The summed E-state index contributed by atoms with van der Waals surface area (Å²) in [6.45, 7) is 13.8. The van der Waals surface area contributed by atoms with E-state index in [1.54, 1.807) is 13.8 Å².